The molecule has 0 radical (unpaired) electrons. The molecule has 0 aliphatic rings. The first-order chi connectivity index (χ1) is 6.36. The summed E-state index contributed by atoms with van der Waals surface area (Å²) in [6, 6.07) is 0. The molecule has 1 aromatic rings. The van der Waals surface area contributed by atoms with E-state index in [1.165, 1.54) is 6.42 Å². The maximum atomic E-state index is 5.49. The van der Waals surface area contributed by atoms with Gasteiger partial charge in [-0.1, -0.05) is 20.3 Å². The fourth-order valence-electron chi connectivity index (χ4n) is 1.10. The molecule has 74 valence electrons. The topological polar surface area (TPSA) is 27.1 Å². The summed E-state index contributed by atoms with van der Waals surface area (Å²) in [5, 5.41) is 4.18. The van der Waals surface area contributed by atoms with Crippen molar-refractivity contribution in [3.63, 3.8) is 0 Å². The molecule has 3 heteroatoms. The van der Waals surface area contributed by atoms with Gasteiger partial charge in [-0.2, -0.15) is 5.10 Å². The summed E-state index contributed by atoms with van der Waals surface area (Å²) in [6.07, 6.45) is 7.13. The zero-order valence-corrected chi connectivity index (χ0v) is 8.49. The van der Waals surface area contributed by atoms with Crippen LogP contribution in [0.3, 0.4) is 0 Å². The van der Waals surface area contributed by atoms with E-state index in [1.54, 1.807) is 6.20 Å². The molecule has 0 bridgehead atoms. The van der Waals surface area contributed by atoms with Crippen LogP contribution in [0.1, 0.15) is 33.1 Å². The van der Waals surface area contributed by atoms with Gasteiger partial charge >= 0.3 is 0 Å². The van der Waals surface area contributed by atoms with Gasteiger partial charge in [0.05, 0.1) is 19.0 Å². The van der Waals surface area contributed by atoms with Crippen LogP contribution < -0.4 is 4.74 Å². The third-order valence-corrected chi connectivity index (χ3v) is 1.83. The van der Waals surface area contributed by atoms with Crippen LogP contribution in [0.25, 0.3) is 0 Å². The van der Waals surface area contributed by atoms with Crippen molar-refractivity contribution in [3.8, 4) is 5.75 Å². The fourth-order valence-corrected chi connectivity index (χ4v) is 1.10. The Kier molecular flexibility index (Phi) is 4.36. The van der Waals surface area contributed by atoms with Gasteiger partial charge < -0.3 is 4.74 Å². The fraction of sp³-hybridized carbons (Fsp3) is 0.700. The molecule has 0 atom stereocenters. The maximum Gasteiger partial charge on any atom is 0.157 e. The summed E-state index contributed by atoms with van der Waals surface area (Å²) < 4.78 is 7.41. The third-order valence-electron chi connectivity index (χ3n) is 1.83. The van der Waals surface area contributed by atoms with Gasteiger partial charge in [0.15, 0.2) is 5.75 Å². The number of aryl methyl sites for hydroxylation is 1. The van der Waals surface area contributed by atoms with Crippen molar-refractivity contribution in [3.05, 3.63) is 12.4 Å². The Morgan fingerprint density at radius 2 is 2.23 bits per heavy atom. The van der Waals surface area contributed by atoms with Crippen LogP contribution in [0, 0.1) is 0 Å². The molecule has 3 nitrogen and oxygen atoms in total. The van der Waals surface area contributed by atoms with Crippen molar-refractivity contribution in [2.45, 2.75) is 39.7 Å². The quantitative estimate of drug-likeness (QED) is 0.632. The lowest BCUT2D eigenvalue weighted by Crippen LogP contribution is -1.97. The largest absolute Gasteiger partial charge is 0.490 e. The van der Waals surface area contributed by atoms with E-state index in [0.717, 1.165) is 31.7 Å². The summed E-state index contributed by atoms with van der Waals surface area (Å²) in [7, 11) is 0. The van der Waals surface area contributed by atoms with E-state index in [2.05, 4.69) is 18.9 Å². The summed E-state index contributed by atoms with van der Waals surface area (Å²) >= 11 is 0. The van der Waals surface area contributed by atoms with Gasteiger partial charge in [0.2, 0.25) is 0 Å². The number of hydrogen-bond donors (Lipinski definition) is 0. The Bertz CT molecular complexity index is 233. The minimum atomic E-state index is 0.800. The molecule has 0 aromatic carbocycles. The van der Waals surface area contributed by atoms with Crippen LogP contribution in [0.4, 0.5) is 0 Å². The predicted octanol–water partition coefficient (Wildman–Crippen LogP) is 2.47. The summed E-state index contributed by atoms with van der Waals surface area (Å²) in [6.45, 7) is 6.06. The molecule has 1 rings (SSSR count). The van der Waals surface area contributed by atoms with Crippen LogP contribution in [0.15, 0.2) is 12.4 Å². The molecule has 0 aliphatic heterocycles. The van der Waals surface area contributed by atoms with Crippen molar-refractivity contribution in [2.24, 2.45) is 0 Å². The normalized spacial score (nSPS) is 10.3. The molecule has 0 saturated carbocycles. The molecular weight excluding hydrogens is 164 g/mol. The van der Waals surface area contributed by atoms with Crippen molar-refractivity contribution in [1.82, 2.24) is 9.78 Å². The van der Waals surface area contributed by atoms with E-state index >= 15 is 0 Å². The van der Waals surface area contributed by atoms with E-state index in [1.807, 2.05) is 10.9 Å². The lowest BCUT2D eigenvalue weighted by molar-refractivity contribution is 0.309. The van der Waals surface area contributed by atoms with Crippen LogP contribution >= 0.6 is 0 Å². The molecule has 1 heterocycles. The van der Waals surface area contributed by atoms with Crippen molar-refractivity contribution >= 4 is 0 Å². The Hall–Kier alpha value is -0.990. The van der Waals surface area contributed by atoms with Crippen molar-refractivity contribution in [1.29, 1.82) is 0 Å². The van der Waals surface area contributed by atoms with E-state index < -0.39 is 0 Å². The van der Waals surface area contributed by atoms with Gasteiger partial charge in [0.1, 0.15) is 0 Å². The molecule has 0 amide bonds. The molecule has 13 heavy (non-hydrogen) atoms. The maximum absolute atomic E-state index is 5.49. The molecule has 0 N–H and O–H groups in total. The number of aromatic nitrogens is 2. The van der Waals surface area contributed by atoms with E-state index in [0.29, 0.717) is 0 Å². The SMILES string of the molecule is CCCCOc1cnn(CCC)c1. The molecule has 0 spiro atoms. The molecule has 0 aliphatic carbocycles. The van der Waals surface area contributed by atoms with Crippen LogP contribution in [-0.4, -0.2) is 16.4 Å². The first-order valence-electron chi connectivity index (χ1n) is 5.02. The highest BCUT2D eigenvalue weighted by Crippen LogP contribution is 2.08. The van der Waals surface area contributed by atoms with E-state index in [9.17, 15) is 0 Å². The minimum absolute atomic E-state index is 0.800. The van der Waals surface area contributed by atoms with Gasteiger partial charge in [-0.25, -0.2) is 0 Å². The first kappa shape index (κ1) is 10.1. The Morgan fingerprint density at radius 3 is 2.92 bits per heavy atom. The van der Waals surface area contributed by atoms with Crippen molar-refractivity contribution < 1.29 is 4.74 Å². The highest BCUT2D eigenvalue weighted by Gasteiger charge is 1.97. The summed E-state index contributed by atoms with van der Waals surface area (Å²) in [5.74, 6) is 0.891. The molecule has 0 fully saturated rings. The number of unbranched alkanes of at least 4 members (excludes halogenated alkanes) is 1. The second kappa shape index (κ2) is 5.62. The molecular formula is C10H18N2O. The van der Waals surface area contributed by atoms with Gasteiger partial charge in [0.25, 0.3) is 0 Å². The van der Waals surface area contributed by atoms with Crippen LogP contribution in [0.5, 0.6) is 5.75 Å². The van der Waals surface area contributed by atoms with Gasteiger partial charge in [-0.05, 0) is 12.8 Å². The monoisotopic (exact) mass is 182 g/mol. The summed E-state index contributed by atoms with van der Waals surface area (Å²) in [5.41, 5.74) is 0. The number of hydrogen-bond acceptors (Lipinski definition) is 2. The van der Waals surface area contributed by atoms with Gasteiger partial charge in [-0.15, -0.1) is 0 Å². The average molecular weight is 182 g/mol. The Balaban J connectivity index is 2.31. The Morgan fingerprint density at radius 1 is 1.38 bits per heavy atom. The standard InChI is InChI=1S/C10H18N2O/c1-3-5-7-13-10-8-11-12(9-10)6-4-2/h8-9H,3-7H2,1-2H3. The van der Waals surface area contributed by atoms with Crippen molar-refractivity contribution in [2.75, 3.05) is 6.61 Å². The number of ether oxygens (including phenoxy) is 1. The van der Waals surface area contributed by atoms with E-state index in [4.69, 9.17) is 4.74 Å². The van der Waals surface area contributed by atoms with Crippen LogP contribution in [0.2, 0.25) is 0 Å². The molecule has 1 aromatic heterocycles. The summed E-state index contributed by atoms with van der Waals surface area (Å²) in [4.78, 5) is 0. The second-order valence-electron chi connectivity index (χ2n) is 3.14. The van der Waals surface area contributed by atoms with Crippen LogP contribution in [-0.2, 0) is 6.54 Å². The third kappa shape index (κ3) is 3.49. The number of rotatable bonds is 6. The number of nitrogens with zero attached hydrogens (tertiary/aromatic N) is 2. The minimum Gasteiger partial charge on any atom is -0.490 e. The molecule has 0 unspecified atom stereocenters. The highest BCUT2D eigenvalue weighted by molar-refractivity contribution is 5.11. The van der Waals surface area contributed by atoms with E-state index in [-0.39, 0.29) is 0 Å². The zero-order valence-electron chi connectivity index (χ0n) is 8.49. The Labute approximate surface area is 79.7 Å². The zero-order chi connectivity index (χ0) is 9.52. The highest BCUT2D eigenvalue weighted by atomic mass is 16.5. The lowest BCUT2D eigenvalue weighted by Gasteiger charge is -2.00. The predicted molar refractivity (Wildman–Crippen MR) is 52.9 cm³/mol. The lowest BCUT2D eigenvalue weighted by atomic mass is 10.4. The molecule has 0 saturated heterocycles. The smallest absolute Gasteiger partial charge is 0.157 e. The first-order valence-corrected chi connectivity index (χ1v) is 5.02. The second-order valence-corrected chi connectivity index (χ2v) is 3.14. The van der Waals surface area contributed by atoms with Gasteiger partial charge in [-0.3, -0.25) is 4.68 Å². The van der Waals surface area contributed by atoms with Gasteiger partial charge in [0, 0.05) is 6.54 Å². The average Bonchev–Trinajstić information content (AvgIpc) is 2.54.